The van der Waals surface area contributed by atoms with Gasteiger partial charge in [0.2, 0.25) is 11.8 Å². The number of carbonyl (C=O) groups excluding carboxylic acids is 3. The van der Waals surface area contributed by atoms with E-state index < -0.39 is 5.92 Å². The molecule has 45 heavy (non-hydrogen) atoms. The predicted molar refractivity (Wildman–Crippen MR) is 179 cm³/mol. The highest BCUT2D eigenvalue weighted by Gasteiger charge is 2.36. The summed E-state index contributed by atoms with van der Waals surface area (Å²) >= 11 is 8.06. The molecule has 5 heterocycles. The summed E-state index contributed by atoms with van der Waals surface area (Å²) in [4.78, 5) is 50.1. The van der Waals surface area contributed by atoms with Crippen molar-refractivity contribution in [1.82, 2.24) is 19.6 Å². The minimum atomic E-state index is -0.530. The summed E-state index contributed by atoms with van der Waals surface area (Å²) in [7, 11) is 0. The van der Waals surface area contributed by atoms with E-state index in [-0.39, 0.29) is 30.3 Å². The molecule has 4 amide bonds. The maximum Gasteiger partial charge on any atom is 0.322 e. The van der Waals surface area contributed by atoms with Crippen LogP contribution in [-0.4, -0.2) is 88.8 Å². The van der Waals surface area contributed by atoms with Crippen molar-refractivity contribution >= 4 is 52.2 Å². The number of rotatable bonds is 7. The van der Waals surface area contributed by atoms with Crippen LogP contribution in [0.2, 0.25) is 5.02 Å². The summed E-state index contributed by atoms with van der Waals surface area (Å²) in [5.41, 5.74) is 8.62. The molecular formula is C34H43ClN6O3S. The van der Waals surface area contributed by atoms with Gasteiger partial charge in [-0.25, -0.2) is 4.79 Å². The van der Waals surface area contributed by atoms with Crippen LogP contribution in [0.15, 0.2) is 23.6 Å². The van der Waals surface area contributed by atoms with Crippen LogP contribution in [0.3, 0.4) is 0 Å². The lowest BCUT2D eigenvalue weighted by atomic mass is 9.91. The largest absolute Gasteiger partial charge is 0.397 e. The number of benzene rings is 1. The summed E-state index contributed by atoms with van der Waals surface area (Å²) < 4.78 is 0. The van der Waals surface area contributed by atoms with Gasteiger partial charge in [0.1, 0.15) is 0 Å². The van der Waals surface area contributed by atoms with E-state index in [2.05, 4.69) is 16.1 Å². The number of urea groups is 1. The van der Waals surface area contributed by atoms with Crippen molar-refractivity contribution in [2.75, 3.05) is 50.3 Å². The van der Waals surface area contributed by atoms with Crippen molar-refractivity contribution in [3.05, 3.63) is 44.6 Å². The number of hydrogen-bond acceptors (Lipinski definition) is 6. The first-order chi connectivity index (χ1) is 21.8. The highest BCUT2D eigenvalue weighted by atomic mass is 35.5. The average Bonchev–Trinajstić information content (AvgIpc) is 3.53. The minimum absolute atomic E-state index is 0.0160. The lowest BCUT2D eigenvalue weighted by Gasteiger charge is -2.41. The van der Waals surface area contributed by atoms with Gasteiger partial charge < -0.3 is 30.7 Å². The zero-order valence-electron chi connectivity index (χ0n) is 25.8. The van der Waals surface area contributed by atoms with Crippen LogP contribution in [0.25, 0.3) is 0 Å². The lowest BCUT2D eigenvalue weighted by molar-refractivity contribution is -0.143. The maximum absolute atomic E-state index is 14.1. The van der Waals surface area contributed by atoms with Crippen LogP contribution in [-0.2, 0) is 22.6 Å². The van der Waals surface area contributed by atoms with E-state index >= 15 is 0 Å². The monoisotopic (exact) mass is 650 g/mol. The molecule has 0 spiro atoms. The average molecular weight is 651 g/mol. The third kappa shape index (κ3) is 7.11. The Morgan fingerprint density at radius 1 is 1.02 bits per heavy atom. The number of nitrogens with two attached hydrogens (primary N) is 1. The maximum atomic E-state index is 14.1. The van der Waals surface area contributed by atoms with Crippen LogP contribution in [0.1, 0.15) is 67.4 Å². The second-order valence-electron chi connectivity index (χ2n) is 12.9. The standard InChI is InChI=1S/C34H43ClN6O3S/c1-2-24-18-23(20-28(35)32(24)36)19-25(33(43)40-15-6-26(7-16-40)38-11-4-3-5-12-38)21-31(42)39-13-8-27(9-14-39)41-22-30-29(10-17-45-30)37-34(41)44/h1,10,17-18,20,25-27H,3-9,11-16,19,21-22,36H2,(H,37,44)/t25-/m0/s1. The molecule has 3 fully saturated rings. The first-order valence-electron chi connectivity index (χ1n) is 16.3. The number of hydrogen-bond donors (Lipinski definition) is 2. The quantitative estimate of drug-likeness (QED) is 0.323. The van der Waals surface area contributed by atoms with Crippen LogP contribution >= 0.6 is 22.9 Å². The number of likely N-dealkylation sites (tertiary alicyclic amines) is 3. The van der Waals surface area contributed by atoms with E-state index in [1.807, 2.05) is 32.2 Å². The molecule has 0 radical (unpaired) electrons. The number of carbonyl (C=O) groups is 3. The number of fused-ring (bicyclic) bond motifs is 1. The van der Waals surface area contributed by atoms with Gasteiger partial charge in [-0.05, 0) is 87.2 Å². The predicted octanol–water partition coefficient (Wildman–Crippen LogP) is 5.03. The molecule has 0 unspecified atom stereocenters. The van der Waals surface area contributed by atoms with Crippen molar-refractivity contribution in [3.63, 3.8) is 0 Å². The number of terminal acetylenes is 1. The number of nitrogen functional groups attached to an aromatic ring is 1. The fraction of sp³-hybridized carbons (Fsp3) is 0.559. The van der Waals surface area contributed by atoms with Gasteiger partial charge in [-0.15, -0.1) is 17.8 Å². The Balaban J connectivity index is 1.11. The fourth-order valence-corrected chi connectivity index (χ4v) is 8.56. The Kier molecular flexibility index (Phi) is 9.88. The number of piperidine rings is 3. The molecule has 4 aliphatic heterocycles. The molecule has 3 N–H and O–H groups in total. The van der Waals surface area contributed by atoms with Gasteiger partial charge in [0, 0.05) is 55.1 Å². The Morgan fingerprint density at radius 2 is 1.71 bits per heavy atom. The molecule has 6 rings (SSSR count). The molecule has 9 nitrogen and oxygen atoms in total. The molecule has 240 valence electrons. The van der Waals surface area contributed by atoms with E-state index in [1.54, 1.807) is 17.4 Å². The molecule has 0 saturated carbocycles. The summed E-state index contributed by atoms with van der Waals surface area (Å²) in [6.07, 6.45) is 13.3. The highest BCUT2D eigenvalue weighted by molar-refractivity contribution is 7.10. The first-order valence-corrected chi connectivity index (χ1v) is 17.6. The van der Waals surface area contributed by atoms with Crippen LogP contribution in [0.4, 0.5) is 16.2 Å². The Labute approximate surface area is 275 Å². The lowest BCUT2D eigenvalue weighted by Crippen LogP contribution is -2.52. The highest BCUT2D eigenvalue weighted by Crippen LogP contribution is 2.32. The molecule has 1 atom stereocenters. The SMILES string of the molecule is C#Cc1cc(C[C@@H](CC(=O)N2CCC(N3Cc4sccc4NC3=O)CC2)C(=O)N2CCC(N3CCCCC3)CC2)cc(Cl)c1N. The summed E-state index contributed by atoms with van der Waals surface area (Å²) in [5.74, 6) is 2.05. The first kappa shape index (κ1) is 31.7. The van der Waals surface area contributed by atoms with E-state index in [4.69, 9.17) is 23.8 Å². The van der Waals surface area contributed by atoms with E-state index in [0.29, 0.717) is 74.3 Å². The number of thiophene rings is 1. The number of anilines is 2. The zero-order chi connectivity index (χ0) is 31.5. The second kappa shape index (κ2) is 14.0. The molecule has 2 aromatic rings. The molecule has 1 aromatic carbocycles. The third-order valence-electron chi connectivity index (χ3n) is 10.1. The summed E-state index contributed by atoms with van der Waals surface area (Å²) in [6.45, 7) is 5.43. The Hall–Kier alpha value is -3.26. The van der Waals surface area contributed by atoms with Gasteiger partial charge in [0.05, 0.1) is 28.9 Å². The third-order valence-corrected chi connectivity index (χ3v) is 11.3. The Morgan fingerprint density at radius 3 is 2.42 bits per heavy atom. The normalized spacial score (nSPS) is 20.8. The van der Waals surface area contributed by atoms with Crippen molar-refractivity contribution in [2.24, 2.45) is 5.92 Å². The van der Waals surface area contributed by atoms with Crippen LogP contribution in [0, 0.1) is 18.3 Å². The van der Waals surface area contributed by atoms with Crippen molar-refractivity contribution in [3.8, 4) is 12.3 Å². The summed E-state index contributed by atoms with van der Waals surface area (Å²) in [6, 6.07) is 6.04. The van der Waals surface area contributed by atoms with E-state index in [9.17, 15) is 14.4 Å². The van der Waals surface area contributed by atoms with Gasteiger partial charge in [0.25, 0.3) is 0 Å². The van der Waals surface area contributed by atoms with E-state index in [1.165, 1.54) is 19.3 Å². The molecule has 3 saturated heterocycles. The van der Waals surface area contributed by atoms with E-state index in [0.717, 1.165) is 42.1 Å². The number of amides is 4. The topological polar surface area (TPSA) is 102 Å². The van der Waals surface area contributed by atoms with Crippen molar-refractivity contribution in [2.45, 2.75) is 76.4 Å². The zero-order valence-corrected chi connectivity index (χ0v) is 27.4. The van der Waals surface area contributed by atoms with Crippen molar-refractivity contribution in [1.29, 1.82) is 0 Å². The smallest absolute Gasteiger partial charge is 0.322 e. The number of halogens is 1. The minimum Gasteiger partial charge on any atom is -0.397 e. The van der Waals surface area contributed by atoms with Gasteiger partial charge in [-0.2, -0.15) is 0 Å². The van der Waals surface area contributed by atoms with Crippen LogP contribution in [0.5, 0.6) is 0 Å². The van der Waals surface area contributed by atoms with Gasteiger partial charge in [-0.3, -0.25) is 9.59 Å². The van der Waals surface area contributed by atoms with Gasteiger partial charge in [0.15, 0.2) is 0 Å². The van der Waals surface area contributed by atoms with Gasteiger partial charge in [-0.1, -0.05) is 23.9 Å². The Bertz CT molecular complexity index is 1450. The second-order valence-corrected chi connectivity index (χ2v) is 14.3. The molecule has 11 heteroatoms. The molecular weight excluding hydrogens is 608 g/mol. The molecule has 1 aromatic heterocycles. The number of nitrogens with one attached hydrogen (secondary N) is 1. The fourth-order valence-electron chi connectivity index (χ4n) is 7.49. The van der Waals surface area contributed by atoms with Crippen molar-refractivity contribution < 1.29 is 14.4 Å². The molecule has 0 aliphatic carbocycles. The summed E-state index contributed by atoms with van der Waals surface area (Å²) in [5, 5.41) is 5.35. The van der Waals surface area contributed by atoms with Crippen LogP contribution < -0.4 is 11.1 Å². The number of nitrogens with zero attached hydrogens (tertiary/aromatic N) is 4. The molecule has 0 bridgehead atoms. The van der Waals surface area contributed by atoms with Gasteiger partial charge >= 0.3 is 6.03 Å². The molecule has 4 aliphatic rings.